The van der Waals surface area contributed by atoms with Crippen LogP contribution in [0.2, 0.25) is 0 Å². The van der Waals surface area contributed by atoms with Gasteiger partial charge >= 0.3 is 0 Å². The third-order valence-electron chi connectivity index (χ3n) is 10.7. The molecule has 0 saturated carbocycles. The quantitative estimate of drug-likeness (QED) is 0.104. The molecule has 0 spiro atoms. The molecule has 2 aromatic carbocycles. The second kappa shape index (κ2) is 20.3. The van der Waals surface area contributed by atoms with Gasteiger partial charge in [-0.15, -0.1) is 0 Å². The normalized spacial score (nSPS) is 18.6. The monoisotopic (exact) mass is 792 g/mol. The molecule has 4 atom stereocenters. The van der Waals surface area contributed by atoms with E-state index in [4.69, 9.17) is 11.5 Å². The van der Waals surface area contributed by atoms with E-state index in [0.29, 0.717) is 58.4 Å². The number of nitrogens with zero attached hydrogens (tertiary/aromatic N) is 3. The largest absolute Gasteiger partial charge is 0.343 e. The smallest absolute Gasteiger partial charge is 0.282 e. The maximum Gasteiger partial charge on any atom is 0.282 e. The van der Waals surface area contributed by atoms with Gasteiger partial charge in [0.15, 0.2) is 0 Å². The van der Waals surface area contributed by atoms with Crippen molar-refractivity contribution in [3.8, 4) is 0 Å². The molecule has 1 saturated heterocycles. The highest BCUT2D eigenvalue weighted by molar-refractivity contribution is 7.86. The fourth-order valence-corrected chi connectivity index (χ4v) is 9.32. The lowest BCUT2D eigenvalue weighted by Gasteiger charge is -2.32. The van der Waals surface area contributed by atoms with Gasteiger partial charge in [-0.25, -0.2) is 0 Å². The van der Waals surface area contributed by atoms with Crippen LogP contribution >= 0.6 is 0 Å². The molecule has 0 aromatic heterocycles. The van der Waals surface area contributed by atoms with Gasteiger partial charge in [-0.3, -0.25) is 19.2 Å². The Hall–Kier alpha value is -4.15. The summed E-state index contributed by atoms with van der Waals surface area (Å²) < 4.78 is 29.8. The summed E-state index contributed by atoms with van der Waals surface area (Å²) in [5.41, 5.74) is 15.6. The minimum Gasteiger partial charge on any atom is -0.343 e. The van der Waals surface area contributed by atoms with E-state index in [9.17, 15) is 27.6 Å². The van der Waals surface area contributed by atoms with Crippen LogP contribution in [0.5, 0.6) is 0 Å². The van der Waals surface area contributed by atoms with E-state index in [1.807, 2.05) is 74.5 Å². The van der Waals surface area contributed by atoms with Gasteiger partial charge in [-0.1, -0.05) is 80.9 Å². The number of unbranched alkanes of at least 4 members (excludes halogenated alkanes) is 1. The summed E-state index contributed by atoms with van der Waals surface area (Å²) in [5.74, 6) is -1.77. The number of nitrogens with two attached hydrogens (primary N) is 2. The number of benzene rings is 2. The van der Waals surface area contributed by atoms with E-state index < -0.39 is 52.1 Å². The molecule has 3 aliphatic rings. The molecular weight excluding hydrogens is 733 g/mol. The molecule has 15 heteroatoms. The fourth-order valence-electron chi connectivity index (χ4n) is 7.64. The van der Waals surface area contributed by atoms with E-state index in [2.05, 4.69) is 16.0 Å². The van der Waals surface area contributed by atoms with Gasteiger partial charge in [-0.2, -0.15) is 17.0 Å². The van der Waals surface area contributed by atoms with Crippen LogP contribution in [0.3, 0.4) is 0 Å². The van der Waals surface area contributed by atoms with Crippen molar-refractivity contribution in [3.05, 3.63) is 82.9 Å². The molecule has 2 aromatic rings. The van der Waals surface area contributed by atoms with Crippen molar-refractivity contribution in [3.63, 3.8) is 0 Å². The Bertz CT molecular complexity index is 1770. The first-order valence-electron chi connectivity index (χ1n) is 20.0. The Morgan fingerprint density at radius 1 is 0.679 bits per heavy atom. The Morgan fingerprint density at radius 2 is 1.21 bits per heavy atom. The van der Waals surface area contributed by atoms with Gasteiger partial charge in [0.05, 0.1) is 6.04 Å². The zero-order valence-electron chi connectivity index (χ0n) is 32.8. The average molecular weight is 793 g/mol. The first-order chi connectivity index (χ1) is 26.8. The lowest BCUT2D eigenvalue weighted by molar-refractivity contribution is -0.137. The van der Waals surface area contributed by atoms with Crippen LogP contribution < -0.4 is 27.4 Å². The second-order valence-electron chi connectivity index (χ2n) is 15.7. The first kappa shape index (κ1) is 43.0. The summed E-state index contributed by atoms with van der Waals surface area (Å²) in [6, 6.07) is 14.9. The molecular formula is C41H60N8O6S. The summed E-state index contributed by atoms with van der Waals surface area (Å²) in [7, 11) is -3.58. The molecule has 0 radical (unpaired) electrons. The predicted molar refractivity (Wildman–Crippen MR) is 216 cm³/mol. The van der Waals surface area contributed by atoms with Crippen molar-refractivity contribution >= 4 is 33.8 Å². The van der Waals surface area contributed by atoms with Crippen LogP contribution in [0.15, 0.2) is 71.8 Å². The number of carbonyl (C=O) groups excluding carboxylic acids is 4. The Labute approximate surface area is 332 Å². The molecule has 7 N–H and O–H groups in total. The summed E-state index contributed by atoms with van der Waals surface area (Å²) in [6.07, 6.45) is 5.12. The van der Waals surface area contributed by atoms with Crippen LogP contribution in [0.1, 0.15) is 69.9 Å². The van der Waals surface area contributed by atoms with Crippen molar-refractivity contribution in [1.29, 1.82) is 0 Å². The van der Waals surface area contributed by atoms with Crippen molar-refractivity contribution in [2.24, 2.45) is 17.4 Å². The summed E-state index contributed by atoms with van der Waals surface area (Å²) in [6.45, 7) is 6.47. The molecule has 0 aliphatic carbocycles. The molecule has 14 nitrogen and oxygen atoms in total. The third-order valence-corrected chi connectivity index (χ3v) is 12.7. The zero-order chi connectivity index (χ0) is 40.2. The van der Waals surface area contributed by atoms with Gasteiger partial charge in [0.1, 0.15) is 18.1 Å². The lowest BCUT2D eigenvalue weighted by atomic mass is 9.99. The van der Waals surface area contributed by atoms with E-state index in [1.165, 1.54) is 4.31 Å². The fraction of sp³-hybridized carbons (Fsp3) is 0.561. The summed E-state index contributed by atoms with van der Waals surface area (Å²) in [5, 5.41) is 8.69. The highest BCUT2D eigenvalue weighted by atomic mass is 32.2. The predicted octanol–water partition coefficient (Wildman–Crippen LogP) is 1.61. The SMILES string of the molecule is CC(C)CC(NC(=O)C(Cc1ccccc1)NC(=O)C(N)Cc1ccccc1)C(=O)NC(CCCCN)C(=O)N1CC2=C(C1)CN(S(=O)(=O)N1CCCCC1)C2. The van der Waals surface area contributed by atoms with Crippen LogP contribution in [-0.4, -0.2) is 116 Å². The van der Waals surface area contributed by atoms with Crippen LogP contribution in [0, 0.1) is 5.92 Å². The molecule has 1 fully saturated rings. The lowest BCUT2D eigenvalue weighted by Crippen LogP contribution is -2.58. The van der Waals surface area contributed by atoms with Crippen molar-refractivity contribution < 1.29 is 27.6 Å². The number of carbonyl (C=O) groups is 4. The summed E-state index contributed by atoms with van der Waals surface area (Å²) in [4.78, 5) is 57.2. The Balaban J connectivity index is 1.25. The molecule has 0 bridgehead atoms. The maximum absolute atomic E-state index is 14.1. The minimum atomic E-state index is -3.58. The van der Waals surface area contributed by atoms with Gasteiger partial charge in [0.25, 0.3) is 10.2 Å². The number of rotatable bonds is 19. The van der Waals surface area contributed by atoms with Crippen LogP contribution in [0.4, 0.5) is 0 Å². The van der Waals surface area contributed by atoms with Gasteiger partial charge in [0, 0.05) is 45.7 Å². The second-order valence-corrected chi connectivity index (χ2v) is 17.6. The summed E-state index contributed by atoms with van der Waals surface area (Å²) >= 11 is 0. The molecule has 5 rings (SSSR count). The molecule has 306 valence electrons. The van der Waals surface area contributed by atoms with Crippen molar-refractivity contribution in [1.82, 2.24) is 29.5 Å². The maximum atomic E-state index is 14.1. The Morgan fingerprint density at radius 3 is 1.79 bits per heavy atom. The average Bonchev–Trinajstić information content (AvgIpc) is 3.79. The molecule has 4 unspecified atom stereocenters. The molecule has 56 heavy (non-hydrogen) atoms. The van der Waals surface area contributed by atoms with Gasteiger partial charge < -0.3 is 32.3 Å². The molecule has 3 heterocycles. The van der Waals surface area contributed by atoms with E-state index in [0.717, 1.165) is 41.5 Å². The Kier molecular flexibility index (Phi) is 15.6. The standard InChI is InChI=1S/C41H60N8O6S/c1-29(2)22-36(46-40(52)37(24-31-16-8-4-9-17-31)45-38(50)34(43)23-30-14-6-3-7-15-30)39(51)44-35(18-10-11-19-42)41(53)47-25-32-27-49(28-33(32)26-47)56(54,55)48-20-12-5-13-21-48/h3-4,6-9,14-17,29,34-37H,5,10-13,18-28,42-43H2,1-2H3,(H,44,51)(H,45,50)(H,46,52). The van der Waals surface area contributed by atoms with Crippen molar-refractivity contribution in [2.75, 3.05) is 45.8 Å². The highest BCUT2D eigenvalue weighted by Crippen LogP contribution is 2.30. The van der Waals surface area contributed by atoms with E-state index in [-0.39, 0.29) is 37.8 Å². The topological polar surface area (TPSA) is 200 Å². The van der Waals surface area contributed by atoms with Crippen LogP contribution in [-0.2, 0) is 42.2 Å². The highest BCUT2D eigenvalue weighted by Gasteiger charge is 2.41. The zero-order valence-corrected chi connectivity index (χ0v) is 33.6. The number of piperidine rings is 1. The molecule has 4 amide bonds. The number of nitrogens with one attached hydrogen (secondary N) is 3. The first-order valence-corrected chi connectivity index (χ1v) is 21.4. The van der Waals surface area contributed by atoms with Gasteiger partial charge in [-0.05, 0) is 79.7 Å². The van der Waals surface area contributed by atoms with Crippen LogP contribution in [0.25, 0.3) is 0 Å². The number of hydrogen-bond donors (Lipinski definition) is 5. The van der Waals surface area contributed by atoms with E-state index in [1.54, 1.807) is 9.21 Å². The minimum absolute atomic E-state index is 0.00817. The number of amides is 4. The third kappa shape index (κ3) is 11.7. The van der Waals surface area contributed by atoms with E-state index >= 15 is 0 Å². The van der Waals surface area contributed by atoms with Gasteiger partial charge in [0.2, 0.25) is 23.6 Å². The van der Waals surface area contributed by atoms with Crippen molar-refractivity contribution in [2.45, 2.75) is 95.8 Å². The molecule has 3 aliphatic heterocycles. The number of hydrogen-bond acceptors (Lipinski definition) is 8.